The van der Waals surface area contributed by atoms with Gasteiger partial charge in [-0.1, -0.05) is 6.07 Å². The lowest BCUT2D eigenvalue weighted by Crippen LogP contribution is -2.40. The van der Waals surface area contributed by atoms with Crippen molar-refractivity contribution in [2.75, 3.05) is 11.4 Å². The summed E-state index contributed by atoms with van der Waals surface area (Å²) in [7, 11) is 0. The maximum absolute atomic E-state index is 13.5. The Morgan fingerprint density at radius 1 is 1.37 bits per heavy atom. The van der Waals surface area contributed by atoms with Gasteiger partial charge in [0, 0.05) is 6.04 Å². The number of alkyl halides is 3. The number of hydrogen-bond donors (Lipinski definition) is 1. The molecule has 19 heavy (non-hydrogen) atoms. The molecule has 0 amide bonds. The second-order valence-electron chi connectivity index (χ2n) is 4.28. The van der Waals surface area contributed by atoms with Gasteiger partial charge in [-0.15, -0.1) is 0 Å². The van der Waals surface area contributed by atoms with Crippen LogP contribution in [0.25, 0.3) is 0 Å². The first kappa shape index (κ1) is 15.3. The van der Waals surface area contributed by atoms with Crippen LogP contribution in [-0.4, -0.2) is 29.8 Å². The minimum Gasteiger partial charge on any atom is -0.478 e. The number of carboxylic acid groups (broad SMARTS) is 1. The van der Waals surface area contributed by atoms with Crippen LogP contribution in [0, 0.1) is 5.82 Å². The van der Waals surface area contributed by atoms with Crippen LogP contribution in [0.2, 0.25) is 0 Å². The lowest BCUT2D eigenvalue weighted by atomic mass is 10.1. The Balaban J connectivity index is 3.31. The van der Waals surface area contributed by atoms with Crippen LogP contribution in [0.3, 0.4) is 0 Å². The zero-order chi connectivity index (χ0) is 14.8. The van der Waals surface area contributed by atoms with E-state index in [1.54, 1.807) is 0 Å². The first-order valence-corrected chi connectivity index (χ1v) is 5.48. The molecule has 0 aliphatic carbocycles. The van der Waals surface area contributed by atoms with E-state index >= 15 is 0 Å². The maximum Gasteiger partial charge on any atom is 0.405 e. The van der Waals surface area contributed by atoms with Gasteiger partial charge in [0.05, 0.1) is 5.69 Å². The highest BCUT2D eigenvalue weighted by molar-refractivity contribution is 5.94. The summed E-state index contributed by atoms with van der Waals surface area (Å²) in [5, 5.41) is 8.93. The first-order chi connectivity index (χ1) is 8.63. The molecule has 0 aromatic heterocycles. The Hall–Kier alpha value is -1.79. The zero-order valence-corrected chi connectivity index (χ0v) is 10.3. The van der Waals surface area contributed by atoms with E-state index in [9.17, 15) is 22.4 Å². The van der Waals surface area contributed by atoms with Crippen molar-refractivity contribution < 1.29 is 27.5 Å². The highest BCUT2D eigenvalue weighted by atomic mass is 19.4. The van der Waals surface area contributed by atoms with Gasteiger partial charge >= 0.3 is 12.1 Å². The Morgan fingerprint density at radius 3 is 2.37 bits per heavy atom. The number of hydrogen-bond acceptors (Lipinski definition) is 2. The van der Waals surface area contributed by atoms with E-state index in [4.69, 9.17) is 5.11 Å². The van der Waals surface area contributed by atoms with Crippen LogP contribution < -0.4 is 4.90 Å². The van der Waals surface area contributed by atoms with Crippen LogP contribution in [0.4, 0.5) is 23.2 Å². The minimum absolute atomic E-state index is 0.278. The van der Waals surface area contributed by atoms with Gasteiger partial charge in [-0.3, -0.25) is 0 Å². The van der Waals surface area contributed by atoms with Gasteiger partial charge < -0.3 is 10.0 Å². The standard InChI is InChI=1S/C12H13F4NO2/c1-7(2)17(6-12(14,15)16)9-5-3-4-8(13)10(9)11(18)19/h3-5,7H,6H2,1-2H3,(H,18,19). The molecule has 0 atom stereocenters. The molecule has 1 aromatic rings. The topological polar surface area (TPSA) is 40.5 Å². The van der Waals surface area contributed by atoms with Crippen molar-refractivity contribution in [3.63, 3.8) is 0 Å². The average molecular weight is 279 g/mol. The average Bonchev–Trinajstić information content (AvgIpc) is 2.23. The van der Waals surface area contributed by atoms with Crippen LogP contribution in [-0.2, 0) is 0 Å². The van der Waals surface area contributed by atoms with E-state index in [1.165, 1.54) is 19.9 Å². The number of benzene rings is 1. The molecule has 1 N–H and O–H groups in total. The zero-order valence-electron chi connectivity index (χ0n) is 10.3. The van der Waals surface area contributed by atoms with Gasteiger partial charge in [-0.25, -0.2) is 9.18 Å². The smallest absolute Gasteiger partial charge is 0.405 e. The lowest BCUT2D eigenvalue weighted by molar-refractivity contribution is -0.120. The van der Waals surface area contributed by atoms with Crippen LogP contribution in [0.15, 0.2) is 18.2 Å². The van der Waals surface area contributed by atoms with E-state index in [1.807, 2.05) is 0 Å². The highest BCUT2D eigenvalue weighted by Gasteiger charge is 2.34. The van der Waals surface area contributed by atoms with Gasteiger partial charge in [-0.2, -0.15) is 13.2 Å². The van der Waals surface area contributed by atoms with Crippen molar-refractivity contribution in [1.29, 1.82) is 0 Å². The molecular weight excluding hydrogens is 266 g/mol. The molecule has 0 aliphatic rings. The maximum atomic E-state index is 13.5. The second-order valence-corrected chi connectivity index (χ2v) is 4.28. The van der Waals surface area contributed by atoms with Gasteiger partial charge in [0.1, 0.15) is 17.9 Å². The quantitative estimate of drug-likeness (QED) is 0.860. The van der Waals surface area contributed by atoms with Crippen molar-refractivity contribution in [3.8, 4) is 0 Å². The molecule has 0 spiro atoms. The van der Waals surface area contributed by atoms with Crippen molar-refractivity contribution >= 4 is 11.7 Å². The molecule has 3 nitrogen and oxygen atoms in total. The molecule has 0 aliphatic heterocycles. The predicted molar refractivity (Wildman–Crippen MR) is 61.9 cm³/mol. The van der Waals surface area contributed by atoms with Crippen molar-refractivity contribution in [2.24, 2.45) is 0 Å². The molecule has 0 heterocycles. The van der Waals surface area contributed by atoms with Crippen molar-refractivity contribution in [2.45, 2.75) is 26.1 Å². The van der Waals surface area contributed by atoms with Gasteiger partial charge in [-0.05, 0) is 26.0 Å². The number of carboxylic acids is 1. The molecule has 106 valence electrons. The fourth-order valence-corrected chi connectivity index (χ4v) is 1.70. The van der Waals surface area contributed by atoms with Crippen molar-refractivity contribution in [3.05, 3.63) is 29.6 Å². The van der Waals surface area contributed by atoms with Gasteiger partial charge in [0.15, 0.2) is 0 Å². The van der Waals surface area contributed by atoms with E-state index in [0.717, 1.165) is 17.0 Å². The van der Waals surface area contributed by atoms with Crippen LogP contribution in [0.5, 0.6) is 0 Å². The largest absolute Gasteiger partial charge is 0.478 e. The molecule has 0 bridgehead atoms. The molecular formula is C12H13F4NO2. The third-order valence-corrected chi connectivity index (χ3v) is 2.49. The summed E-state index contributed by atoms with van der Waals surface area (Å²) in [5.41, 5.74) is -1.03. The number of rotatable bonds is 4. The Labute approximate surface area is 107 Å². The van der Waals surface area contributed by atoms with E-state index in [-0.39, 0.29) is 5.69 Å². The first-order valence-electron chi connectivity index (χ1n) is 5.48. The fraction of sp³-hybridized carbons (Fsp3) is 0.417. The Morgan fingerprint density at radius 2 is 1.95 bits per heavy atom. The van der Waals surface area contributed by atoms with Crippen LogP contribution >= 0.6 is 0 Å². The summed E-state index contributed by atoms with van der Waals surface area (Å²) >= 11 is 0. The molecule has 1 rings (SSSR count). The Bertz CT molecular complexity index is 471. The summed E-state index contributed by atoms with van der Waals surface area (Å²) in [6, 6.07) is 2.63. The third-order valence-electron chi connectivity index (χ3n) is 2.49. The lowest BCUT2D eigenvalue weighted by Gasteiger charge is -2.31. The normalized spacial score (nSPS) is 11.7. The number of carbonyl (C=O) groups is 1. The molecule has 1 aromatic carbocycles. The molecule has 0 unspecified atom stereocenters. The molecule has 0 saturated heterocycles. The third kappa shape index (κ3) is 3.84. The molecule has 0 saturated carbocycles. The summed E-state index contributed by atoms with van der Waals surface area (Å²) in [6.45, 7) is 1.61. The summed E-state index contributed by atoms with van der Waals surface area (Å²) < 4.78 is 51.0. The summed E-state index contributed by atoms with van der Waals surface area (Å²) in [5.74, 6) is -2.65. The predicted octanol–water partition coefficient (Wildman–Crippen LogP) is 3.30. The summed E-state index contributed by atoms with van der Waals surface area (Å²) in [4.78, 5) is 11.8. The van der Waals surface area contributed by atoms with Gasteiger partial charge in [0.25, 0.3) is 0 Å². The van der Waals surface area contributed by atoms with Gasteiger partial charge in [0.2, 0.25) is 0 Å². The number of halogens is 4. The number of aromatic carboxylic acids is 1. The monoisotopic (exact) mass is 279 g/mol. The molecule has 7 heteroatoms. The van der Waals surface area contributed by atoms with Crippen LogP contribution in [0.1, 0.15) is 24.2 Å². The fourth-order valence-electron chi connectivity index (χ4n) is 1.70. The molecule has 0 fully saturated rings. The highest BCUT2D eigenvalue weighted by Crippen LogP contribution is 2.28. The van der Waals surface area contributed by atoms with E-state index in [0.29, 0.717) is 0 Å². The minimum atomic E-state index is -4.51. The van der Waals surface area contributed by atoms with E-state index < -0.39 is 36.1 Å². The SMILES string of the molecule is CC(C)N(CC(F)(F)F)c1cccc(F)c1C(=O)O. The number of nitrogens with zero attached hydrogens (tertiary/aromatic N) is 1. The second kappa shape index (κ2) is 5.46. The summed E-state index contributed by atoms with van der Waals surface area (Å²) in [6.07, 6.45) is -4.51. The Kier molecular flexibility index (Phi) is 4.39. The van der Waals surface area contributed by atoms with E-state index in [2.05, 4.69) is 0 Å². The molecule has 0 radical (unpaired) electrons. The number of anilines is 1. The van der Waals surface area contributed by atoms with Crippen molar-refractivity contribution in [1.82, 2.24) is 0 Å².